The monoisotopic (exact) mass is 440 g/mol. The summed E-state index contributed by atoms with van der Waals surface area (Å²) in [6.07, 6.45) is 0.677. The third-order valence-corrected chi connectivity index (χ3v) is 6.86. The van der Waals surface area contributed by atoms with Crippen LogP contribution >= 0.6 is 0 Å². The molecule has 6 nitrogen and oxygen atoms in total. The first-order valence-electron chi connectivity index (χ1n) is 9.74. The summed E-state index contributed by atoms with van der Waals surface area (Å²) >= 11 is 0. The molecule has 0 saturated heterocycles. The third-order valence-electron chi connectivity index (χ3n) is 5.05. The van der Waals surface area contributed by atoms with Crippen LogP contribution in [0.2, 0.25) is 0 Å². The smallest absolute Gasteiger partial charge is 0.264 e. The summed E-state index contributed by atoms with van der Waals surface area (Å²) in [6.45, 7) is 1.83. The highest BCUT2D eigenvalue weighted by molar-refractivity contribution is 7.92. The average Bonchev–Trinajstić information content (AvgIpc) is 3.18. The maximum absolute atomic E-state index is 13.2. The number of benzene rings is 3. The number of carbonyl (C=O) groups excluding carboxylic acids is 1. The van der Waals surface area contributed by atoms with Crippen LogP contribution in [0.4, 0.5) is 15.8 Å². The number of rotatable bonds is 6. The van der Waals surface area contributed by atoms with Crippen LogP contribution in [0.15, 0.2) is 71.6 Å². The van der Waals surface area contributed by atoms with Crippen LogP contribution in [-0.2, 0) is 21.2 Å². The molecule has 160 valence electrons. The van der Waals surface area contributed by atoms with E-state index in [9.17, 15) is 17.6 Å². The number of ether oxygens (including phenoxy) is 1. The molecule has 0 aliphatic carbocycles. The molecule has 1 aliphatic heterocycles. The fourth-order valence-electron chi connectivity index (χ4n) is 3.54. The van der Waals surface area contributed by atoms with Gasteiger partial charge in [-0.15, -0.1) is 0 Å². The molecule has 0 aromatic heterocycles. The Bertz CT molecular complexity index is 1240. The first kappa shape index (κ1) is 20.9. The van der Waals surface area contributed by atoms with Gasteiger partial charge in [0.25, 0.3) is 15.9 Å². The van der Waals surface area contributed by atoms with Crippen molar-refractivity contribution >= 4 is 27.3 Å². The van der Waals surface area contributed by atoms with E-state index in [0.717, 1.165) is 5.56 Å². The molecule has 3 aromatic carbocycles. The van der Waals surface area contributed by atoms with E-state index >= 15 is 0 Å². The zero-order chi connectivity index (χ0) is 22.0. The van der Waals surface area contributed by atoms with Gasteiger partial charge in [0.2, 0.25) is 0 Å². The van der Waals surface area contributed by atoms with E-state index in [1.807, 2.05) is 18.2 Å². The predicted molar refractivity (Wildman–Crippen MR) is 116 cm³/mol. The number of fused-ring (bicyclic) bond motifs is 1. The Hall–Kier alpha value is -3.39. The second-order valence-electron chi connectivity index (χ2n) is 7.23. The Morgan fingerprint density at radius 2 is 1.90 bits per heavy atom. The van der Waals surface area contributed by atoms with Crippen LogP contribution in [0.5, 0.6) is 5.75 Å². The van der Waals surface area contributed by atoms with Crippen molar-refractivity contribution in [1.82, 2.24) is 0 Å². The van der Waals surface area contributed by atoms with Crippen LogP contribution in [0.1, 0.15) is 11.1 Å². The minimum Gasteiger partial charge on any atom is -0.483 e. The van der Waals surface area contributed by atoms with Crippen LogP contribution < -0.4 is 14.4 Å². The number of aryl methyl sites for hydroxylation is 1. The standard InChI is InChI=1S/C23H21FN2O4S/c1-16-13-20(31(28,29)26-12-11-17-5-2-3-8-21(17)26)9-10-22(16)30-15-23(27)25-19-7-4-6-18(24)14-19/h2-10,13-14H,11-12,15H2,1H3,(H,25,27). The number of nitrogens with zero attached hydrogens (tertiary/aromatic N) is 1. The highest BCUT2D eigenvalue weighted by Gasteiger charge is 2.30. The second-order valence-corrected chi connectivity index (χ2v) is 9.09. The van der Waals surface area contributed by atoms with Gasteiger partial charge < -0.3 is 10.1 Å². The molecule has 0 radical (unpaired) electrons. The highest BCUT2D eigenvalue weighted by atomic mass is 32.2. The van der Waals surface area contributed by atoms with Gasteiger partial charge in [0.1, 0.15) is 11.6 Å². The lowest BCUT2D eigenvalue weighted by atomic mass is 10.2. The number of hydrogen-bond acceptors (Lipinski definition) is 4. The Kier molecular flexibility index (Phi) is 5.65. The third kappa shape index (κ3) is 4.39. The summed E-state index contributed by atoms with van der Waals surface area (Å²) in [6, 6.07) is 17.6. The Morgan fingerprint density at radius 1 is 1.10 bits per heavy atom. The topological polar surface area (TPSA) is 75.7 Å². The lowest BCUT2D eigenvalue weighted by Gasteiger charge is -2.20. The number of hydrogen-bond donors (Lipinski definition) is 1. The van der Waals surface area contributed by atoms with Crippen molar-refractivity contribution in [3.05, 3.63) is 83.7 Å². The first-order valence-corrected chi connectivity index (χ1v) is 11.2. The Labute approximate surface area is 180 Å². The lowest BCUT2D eigenvalue weighted by Crippen LogP contribution is -2.29. The molecule has 0 atom stereocenters. The largest absolute Gasteiger partial charge is 0.483 e. The zero-order valence-electron chi connectivity index (χ0n) is 16.8. The maximum atomic E-state index is 13.2. The Balaban J connectivity index is 1.45. The quantitative estimate of drug-likeness (QED) is 0.631. The fourth-order valence-corrected chi connectivity index (χ4v) is 5.12. The van der Waals surface area contributed by atoms with Gasteiger partial charge in [-0.2, -0.15) is 0 Å². The molecule has 0 bridgehead atoms. The highest BCUT2D eigenvalue weighted by Crippen LogP contribution is 2.33. The molecular weight excluding hydrogens is 419 g/mol. The molecule has 0 unspecified atom stereocenters. The molecule has 31 heavy (non-hydrogen) atoms. The van der Waals surface area contributed by atoms with Crippen molar-refractivity contribution in [3.8, 4) is 5.75 Å². The van der Waals surface area contributed by atoms with Gasteiger partial charge in [-0.3, -0.25) is 9.10 Å². The van der Waals surface area contributed by atoms with Crippen molar-refractivity contribution < 1.29 is 22.3 Å². The maximum Gasteiger partial charge on any atom is 0.264 e. The zero-order valence-corrected chi connectivity index (χ0v) is 17.7. The van der Waals surface area contributed by atoms with Crippen LogP contribution in [0.3, 0.4) is 0 Å². The minimum absolute atomic E-state index is 0.165. The van der Waals surface area contributed by atoms with E-state index < -0.39 is 21.7 Å². The summed E-state index contributed by atoms with van der Waals surface area (Å²) in [4.78, 5) is 12.2. The molecule has 1 heterocycles. The van der Waals surface area contributed by atoms with E-state index in [2.05, 4.69) is 5.32 Å². The van der Waals surface area contributed by atoms with Gasteiger partial charge in [0, 0.05) is 12.2 Å². The fraction of sp³-hybridized carbons (Fsp3) is 0.174. The number of anilines is 2. The van der Waals surface area contributed by atoms with Crippen molar-refractivity contribution in [1.29, 1.82) is 0 Å². The Morgan fingerprint density at radius 3 is 2.68 bits per heavy atom. The molecule has 4 rings (SSSR count). The molecule has 0 saturated carbocycles. The molecule has 0 spiro atoms. The van der Waals surface area contributed by atoms with Crippen molar-refractivity contribution in [2.75, 3.05) is 22.8 Å². The lowest BCUT2D eigenvalue weighted by molar-refractivity contribution is -0.118. The van der Waals surface area contributed by atoms with Gasteiger partial charge in [0.05, 0.1) is 10.6 Å². The summed E-state index contributed by atoms with van der Waals surface area (Å²) in [7, 11) is -3.70. The molecule has 1 aliphatic rings. The van der Waals surface area contributed by atoms with E-state index in [4.69, 9.17) is 4.74 Å². The number of carbonyl (C=O) groups is 1. The average molecular weight is 440 g/mol. The summed E-state index contributed by atoms with van der Waals surface area (Å²) < 4.78 is 46.5. The number of para-hydroxylation sites is 1. The SMILES string of the molecule is Cc1cc(S(=O)(=O)N2CCc3ccccc32)ccc1OCC(=O)Nc1cccc(F)c1. The number of sulfonamides is 1. The van der Waals surface area contributed by atoms with E-state index in [0.29, 0.717) is 35.7 Å². The minimum atomic E-state index is -3.70. The molecule has 1 N–H and O–H groups in total. The predicted octanol–water partition coefficient (Wildman–Crippen LogP) is 3.90. The molecular formula is C23H21FN2O4S. The van der Waals surface area contributed by atoms with Crippen LogP contribution in [-0.4, -0.2) is 27.5 Å². The van der Waals surface area contributed by atoms with E-state index in [-0.39, 0.29) is 11.5 Å². The van der Waals surface area contributed by atoms with Crippen LogP contribution in [0.25, 0.3) is 0 Å². The number of nitrogens with one attached hydrogen (secondary N) is 1. The normalized spacial score (nSPS) is 13.0. The first-order chi connectivity index (χ1) is 14.8. The molecule has 8 heteroatoms. The van der Waals surface area contributed by atoms with Crippen molar-refractivity contribution in [2.24, 2.45) is 0 Å². The number of halogens is 1. The molecule has 1 amide bonds. The van der Waals surface area contributed by atoms with E-state index in [1.165, 1.54) is 34.6 Å². The van der Waals surface area contributed by atoms with Gasteiger partial charge >= 0.3 is 0 Å². The van der Waals surface area contributed by atoms with Crippen molar-refractivity contribution in [2.45, 2.75) is 18.2 Å². The van der Waals surface area contributed by atoms with Crippen LogP contribution in [0, 0.1) is 12.7 Å². The molecule has 3 aromatic rings. The van der Waals surface area contributed by atoms with Gasteiger partial charge in [0.15, 0.2) is 6.61 Å². The summed E-state index contributed by atoms with van der Waals surface area (Å²) in [5, 5.41) is 2.55. The second kappa shape index (κ2) is 8.39. The van der Waals surface area contributed by atoms with Crippen molar-refractivity contribution in [3.63, 3.8) is 0 Å². The molecule has 0 fully saturated rings. The summed E-state index contributed by atoms with van der Waals surface area (Å²) in [5.41, 5.74) is 2.63. The number of amides is 1. The van der Waals surface area contributed by atoms with Gasteiger partial charge in [-0.25, -0.2) is 12.8 Å². The van der Waals surface area contributed by atoms with E-state index in [1.54, 1.807) is 25.1 Å². The van der Waals surface area contributed by atoms with Gasteiger partial charge in [-0.1, -0.05) is 24.3 Å². The summed E-state index contributed by atoms with van der Waals surface area (Å²) in [5.74, 6) is -0.502. The van der Waals surface area contributed by atoms with Gasteiger partial charge in [-0.05, 0) is 66.9 Å².